The van der Waals surface area contributed by atoms with Crippen LogP contribution in [0.25, 0.3) is 0 Å². The second kappa shape index (κ2) is 4.94. The average molecular weight is 215 g/mol. The average Bonchev–Trinajstić information content (AvgIpc) is 2.03. The molecule has 0 heterocycles. The first kappa shape index (κ1) is 10.2. The van der Waals surface area contributed by atoms with Crippen LogP contribution in [0.1, 0.15) is 0 Å². The first-order chi connectivity index (χ1) is 6.18. The molecule has 1 rings (SSSR count). The summed E-state index contributed by atoms with van der Waals surface area (Å²) in [5.74, 6) is -0.950. The van der Waals surface area contributed by atoms with Gasteiger partial charge >= 0.3 is 5.97 Å². The summed E-state index contributed by atoms with van der Waals surface area (Å²) in [4.78, 5) is 11.1. The van der Waals surface area contributed by atoms with E-state index >= 15 is 0 Å². The van der Waals surface area contributed by atoms with E-state index in [0.29, 0.717) is 5.02 Å². The Bertz CT molecular complexity index is 336. The number of carboxylic acids is 1. The summed E-state index contributed by atoms with van der Waals surface area (Å²) in [5.41, 5.74) is 0. The molecular formula is C9H7ClO2S. The SMILES string of the molecule is O=C(O)C=CSc1cccc(Cl)c1. The van der Waals surface area contributed by atoms with Crippen LogP contribution < -0.4 is 0 Å². The van der Waals surface area contributed by atoms with Gasteiger partial charge in [-0.15, -0.1) is 0 Å². The predicted octanol–water partition coefficient (Wildman–Crippen LogP) is 3.03. The lowest BCUT2D eigenvalue weighted by Gasteiger charge is -1.94. The summed E-state index contributed by atoms with van der Waals surface area (Å²) in [6.07, 6.45) is 1.09. The minimum Gasteiger partial charge on any atom is -0.478 e. The molecule has 68 valence electrons. The van der Waals surface area contributed by atoms with Crippen molar-refractivity contribution in [1.82, 2.24) is 0 Å². The summed E-state index contributed by atoms with van der Waals surface area (Å²) in [7, 11) is 0. The maximum absolute atomic E-state index is 10.1. The van der Waals surface area contributed by atoms with Crippen molar-refractivity contribution < 1.29 is 9.90 Å². The first-order valence-electron chi connectivity index (χ1n) is 3.50. The van der Waals surface area contributed by atoms with Gasteiger partial charge in [0.05, 0.1) is 0 Å². The van der Waals surface area contributed by atoms with Crippen molar-refractivity contribution in [3.05, 3.63) is 40.8 Å². The van der Waals surface area contributed by atoms with Gasteiger partial charge in [0.2, 0.25) is 0 Å². The highest BCUT2D eigenvalue weighted by atomic mass is 35.5. The molecule has 0 aromatic heterocycles. The summed E-state index contributed by atoms with van der Waals surface area (Å²) in [5, 5.41) is 10.5. The number of hydrogen-bond donors (Lipinski definition) is 1. The van der Waals surface area contributed by atoms with Gasteiger partial charge in [-0.2, -0.15) is 0 Å². The molecule has 1 aromatic carbocycles. The molecule has 1 aromatic rings. The van der Waals surface area contributed by atoms with Crippen molar-refractivity contribution in [3.8, 4) is 0 Å². The third-order valence-corrected chi connectivity index (χ3v) is 2.24. The Kier molecular flexibility index (Phi) is 3.86. The van der Waals surface area contributed by atoms with Crippen LogP contribution in [0.2, 0.25) is 5.02 Å². The number of aliphatic carboxylic acids is 1. The van der Waals surface area contributed by atoms with E-state index < -0.39 is 5.97 Å². The number of rotatable bonds is 3. The summed E-state index contributed by atoms with van der Waals surface area (Å²) >= 11 is 7.05. The topological polar surface area (TPSA) is 37.3 Å². The van der Waals surface area contributed by atoms with Gasteiger partial charge in [-0.1, -0.05) is 29.4 Å². The molecule has 0 saturated carbocycles. The van der Waals surface area contributed by atoms with Gasteiger partial charge in [-0.25, -0.2) is 4.79 Å². The number of halogens is 1. The molecule has 0 fully saturated rings. The van der Waals surface area contributed by atoms with Crippen molar-refractivity contribution in [3.63, 3.8) is 0 Å². The highest BCUT2D eigenvalue weighted by molar-refractivity contribution is 8.02. The van der Waals surface area contributed by atoms with Crippen molar-refractivity contribution in [1.29, 1.82) is 0 Å². The lowest BCUT2D eigenvalue weighted by molar-refractivity contribution is -0.131. The fraction of sp³-hybridized carbons (Fsp3) is 0. The lowest BCUT2D eigenvalue weighted by Crippen LogP contribution is -1.84. The normalized spacial score (nSPS) is 10.5. The third kappa shape index (κ3) is 4.01. The van der Waals surface area contributed by atoms with Gasteiger partial charge in [-0.3, -0.25) is 0 Å². The number of benzene rings is 1. The number of thioether (sulfide) groups is 1. The summed E-state index contributed by atoms with van der Waals surface area (Å²) in [6.45, 7) is 0. The standard InChI is InChI=1S/C9H7ClO2S/c10-7-2-1-3-8(6-7)13-5-4-9(11)12/h1-6H,(H,11,12). The Morgan fingerprint density at radius 1 is 1.54 bits per heavy atom. The van der Waals surface area contributed by atoms with E-state index in [1.54, 1.807) is 12.1 Å². The number of carboxylic acid groups (broad SMARTS) is 1. The smallest absolute Gasteiger partial charge is 0.328 e. The molecule has 0 amide bonds. The van der Waals surface area contributed by atoms with Crippen LogP contribution >= 0.6 is 23.4 Å². The largest absolute Gasteiger partial charge is 0.478 e. The van der Waals surface area contributed by atoms with Crippen LogP contribution in [0.4, 0.5) is 0 Å². The molecule has 1 N–H and O–H groups in total. The molecule has 0 aliphatic heterocycles. The monoisotopic (exact) mass is 214 g/mol. The quantitative estimate of drug-likeness (QED) is 0.621. The number of carbonyl (C=O) groups is 1. The molecule has 0 radical (unpaired) electrons. The van der Waals surface area contributed by atoms with Gasteiger partial charge < -0.3 is 5.11 Å². The maximum atomic E-state index is 10.1. The molecule has 4 heteroatoms. The second-order valence-electron chi connectivity index (χ2n) is 2.22. The van der Waals surface area contributed by atoms with Crippen LogP contribution in [-0.2, 0) is 4.79 Å². The van der Waals surface area contributed by atoms with E-state index in [1.165, 1.54) is 17.2 Å². The lowest BCUT2D eigenvalue weighted by atomic mass is 10.4. The fourth-order valence-corrected chi connectivity index (χ4v) is 1.66. The van der Waals surface area contributed by atoms with Crippen LogP contribution in [0.3, 0.4) is 0 Å². The molecule has 13 heavy (non-hydrogen) atoms. The van der Waals surface area contributed by atoms with Gasteiger partial charge in [0.25, 0.3) is 0 Å². The highest BCUT2D eigenvalue weighted by Gasteiger charge is 1.92. The molecule has 0 saturated heterocycles. The van der Waals surface area contributed by atoms with Crippen LogP contribution in [0.5, 0.6) is 0 Å². The van der Waals surface area contributed by atoms with Crippen molar-refractivity contribution in [2.45, 2.75) is 4.90 Å². The minimum absolute atomic E-state index is 0.647. The Balaban J connectivity index is 2.59. The van der Waals surface area contributed by atoms with Crippen molar-refractivity contribution >= 4 is 29.3 Å². The maximum Gasteiger partial charge on any atom is 0.328 e. The van der Waals surface area contributed by atoms with Crippen LogP contribution in [0, 0.1) is 0 Å². The Morgan fingerprint density at radius 3 is 2.92 bits per heavy atom. The van der Waals surface area contributed by atoms with E-state index in [4.69, 9.17) is 16.7 Å². The van der Waals surface area contributed by atoms with Crippen molar-refractivity contribution in [2.24, 2.45) is 0 Å². The third-order valence-electron chi connectivity index (χ3n) is 1.21. The molecule has 0 atom stereocenters. The van der Waals surface area contributed by atoms with Gasteiger partial charge in [0.15, 0.2) is 0 Å². The molecular weight excluding hydrogens is 208 g/mol. The molecule has 0 aliphatic carbocycles. The van der Waals surface area contributed by atoms with E-state index in [2.05, 4.69) is 0 Å². The van der Waals surface area contributed by atoms with E-state index in [0.717, 1.165) is 11.0 Å². The molecule has 0 bridgehead atoms. The second-order valence-corrected chi connectivity index (χ2v) is 3.63. The van der Waals surface area contributed by atoms with Gasteiger partial charge in [0.1, 0.15) is 0 Å². The van der Waals surface area contributed by atoms with Gasteiger partial charge in [0, 0.05) is 16.0 Å². The minimum atomic E-state index is -0.950. The molecule has 0 spiro atoms. The van der Waals surface area contributed by atoms with Crippen molar-refractivity contribution in [2.75, 3.05) is 0 Å². The molecule has 2 nitrogen and oxygen atoms in total. The molecule has 0 unspecified atom stereocenters. The fourth-order valence-electron chi connectivity index (χ4n) is 0.711. The highest BCUT2D eigenvalue weighted by Crippen LogP contribution is 2.22. The zero-order valence-electron chi connectivity index (χ0n) is 6.61. The van der Waals surface area contributed by atoms with Gasteiger partial charge in [-0.05, 0) is 23.6 Å². The summed E-state index contributed by atoms with van der Waals surface area (Å²) in [6, 6.07) is 7.23. The molecule has 0 aliphatic rings. The van der Waals surface area contributed by atoms with E-state index in [1.807, 2.05) is 12.1 Å². The van der Waals surface area contributed by atoms with E-state index in [-0.39, 0.29) is 0 Å². The first-order valence-corrected chi connectivity index (χ1v) is 4.76. The zero-order valence-corrected chi connectivity index (χ0v) is 8.18. The summed E-state index contributed by atoms with van der Waals surface area (Å²) < 4.78 is 0. The number of hydrogen-bond acceptors (Lipinski definition) is 2. The van der Waals surface area contributed by atoms with E-state index in [9.17, 15) is 4.79 Å². The van der Waals surface area contributed by atoms with Crippen LogP contribution in [0.15, 0.2) is 40.6 Å². The Hall–Kier alpha value is -0.930. The predicted molar refractivity (Wildman–Crippen MR) is 54.1 cm³/mol. The Labute approximate surface area is 85.2 Å². The zero-order chi connectivity index (χ0) is 9.68. The van der Waals surface area contributed by atoms with Crippen LogP contribution in [-0.4, -0.2) is 11.1 Å². The Morgan fingerprint density at radius 2 is 2.31 bits per heavy atom.